The molecule has 0 aliphatic carbocycles. The van der Waals surface area contributed by atoms with E-state index in [4.69, 9.17) is 5.73 Å². The predicted octanol–water partition coefficient (Wildman–Crippen LogP) is 0.290. The molecule has 2 aliphatic heterocycles. The number of nitrogens with one attached hydrogen (secondary N) is 9. The van der Waals surface area contributed by atoms with Gasteiger partial charge in [0.25, 0.3) is 0 Å². The van der Waals surface area contributed by atoms with E-state index < -0.39 is 142 Å². The van der Waals surface area contributed by atoms with Crippen molar-refractivity contribution < 1.29 is 62.6 Å². The summed E-state index contributed by atoms with van der Waals surface area (Å²) in [5.74, 6) is -8.79. The molecule has 0 radical (unpaired) electrons. The third kappa shape index (κ3) is 21.7. The number of rotatable bonds is 31. The van der Waals surface area contributed by atoms with Gasteiger partial charge >= 0.3 is 0 Å². The number of primary amides is 1. The Morgan fingerprint density at radius 2 is 0.902 bits per heavy atom. The van der Waals surface area contributed by atoms with Crippen molar-refractivity contribution >= 4 is 70.9 Å². The molecule has 2 saturated heterocycles. The van der Waals surface area contributed by atoms with Gasteiger partial charge in [-0.3, -0.25) is 57.5 Å². The highest BCUT2D eigenvalue weighted by Gasteiger charge is 2.46. The maximum Gasteiger partial charge on any atom is 0.248 e. The van der Waals surface area contributed by atoms with Crippen LogP contribution in [0.1, 0.15) is 175 Å². The molecular weight excluding hydrogens is 1060 g/mol. The van der Waals surface area contributed by atoms with E-state index in [0.29, 0.717) is 19.3 Å². The lowest BCUT2D eigenvalue weighted by atomic mass is 9.97. The van der Waals surface area contributed by atoms with Crippen molar-refractivity contribution in [3.8, 4) is 0 Å². The summed E-state index contributed by atoms with van der Waals surface area (Å²) in [5, 5.41) is 34.2. The zero-order valence-electron chi connectivity index (χ0n) is 51.8. The van der Waals surface area contributed by atoms with Crippen LogP contribution >= 0.6 is 0 Å². The highest BCUT2D eigenvalue weighted by atomic mass is 16.3. The van der Waals surface area contributed by atoms with Crippen LogP contribution in [0.5, 0.6) is 0 Å². The molecule has 2 heterocycles. The van der Waals surface area contributed by atoms with Gasteiger partial charge in [0, 0.05) is 26.4 Å². The monoisotopic (exact) mass is 1160 g/mol. The Morgan fingerprint density at radius 3 is 1.30 bits per heavy atom. The minimum atomic E-state index is -1.65. The third-order valence-corrected chi connectivity index (χ3v) is 14.5. The molecule has 25 nitrogen and oxygen atoms in total. The molecule has 0 aromatic rings. The second-order valence-electron chi connectivity index (χ2n) is 25.7. The summed E-state index contributed by atoms with van der Waals surface area (Å²) >= 11 is 0. The standard InChI is InChI=1S/C57H100N12O13/c1-30(2)26-37(46(74)60-39(28-32(5)6)48(76)66-56(14,15)53(81)69-25-19-21-42(69)50(78)62-40(29-70)33(7)8)61-49(77)41-20-18-24-68(41)54(82)57(16,17)67-51(79)44(34(9)10)64-47(75)38(27-31(3)4)59-45(73)36(22-23-43(58)72)63-52(80)55(12,13)65-35(11)71/h30-34,36-42,44,70H,18-29H2,1-17H3,(H2,58,72)(H,59,73)(H,60,74)(H,61,77)(H,62,78)(H,63,80)(H,64,75)(H,65,71)(H,66,76)(H,67,79). The number of carbonyl (C=O) groups is 12. The molecule has 82 heavy (non-hydrogen) atoms. The van der Waals surface area contributed by atoms with Gasteiger partial charge in [0.05, 0.1) is 12.6 Å². The summed E-state index contributed by atoms with van der Waals surface area (Å²) in [6.07, 6.45) is 1.49. The zero-order valence-corrected chi connectivity index (χ0v) is 51.8. The van der Waals surface area contributed by atoms with Crippen molar-refractivity contribution in [2.24, 2.45) is 35.3 Å². The van der Waals surface area contributed by atoms with Gasteiger partial charge in [-0.05, 0) is 122 Å². The number of amides is 12. The van der Waals surface area contributed by atoms with E-state index in [1.807, 2.05) is 41.5 Å². The van der Waals surface area contributed by atoms with Gasteiger partial charge in [0.2, 0.25) is 70.9 Å². The first kappa shape index (κ1) is 71.7. The largest absolute Gasteiger partial charge is 0.394 e. The fraction of sp³-hybridized carbons (Fsp3) is 0.789. The quantitative estimate of drug-likeness (QED) is 0.0445. The van der Waals surface area contributed by atoms with Crippen LogP contribution in [-0.4, -0.2) is 170 Å². The van der Waals surface area contributed by atoms with Gasteiger partial charge in [-0.15, -0.1) is 0 Å². The van der Waals surface area contributed by atoms with Gasteiger partial charge in [-0.2, -0.15) is 0 Å². The summed E-state index contributed by atoms with van der Waals surface area (Å²) in [6, 6.07) is -8.51. The van der Waals surface area contributed by atoms with Gasteiger partial charge < -0.3 is 68.5 Å². The fourth-order valence-electron chi connectivity index (χ4n) is 9.97. The van der Waals surface area contributed by atoms with E-state index in [1.165, 1.54) is 58.3 Å². The highest BCUT2D eigenvalue weighted by Crippen LogP contribution is 2.25. The molecule has 0 aromatic heterocycles. The van der Waals surface area contributed by atoms with Gasteiger partial charge in [0.15, 0.2) is 0 Å². The number of nitrogens with zero attached hydrogens (tertiary/aromatic N) is 2. The first-order chi connectivity index (χ1) is 37.8. The second-order valence-corrected chi connectivity index (χ2v) is 25.7. The van der Waals surface area contributed by atoms with E-state index in [1.54, 1.807) is 27.7 Å². The highest BCUT2D eigenvalue weighted by molar-refractivity contribution is 6.00. The first-order valence-corrected chi connectivity index (χ1v) is 29.0. The molecule has 25 heteroatoms. The fourth-order valence-corrected chi connectivity index (χ4v) is 9.97. The SMILES string of the molecule is CC(=O)NC(C)(C)C(=O)NC(CCC(N)=O)C(=O)NC(CC(C)C)C(=O)NC(C(=O)NC(C)(C)C(=O)N1CCCC1C(=O)NC(CC(C)C)C(=O)NC(CC(C)C)C(=O)NC(C)(C)C(=O)N1CCCC1C(=O)NC(CO)C(C)C)C(C)C. The molecule has 466 valence electrons. The summed E-state index contributed by atoms with van der Waals surface area (Å²) < 4.78 is 0. The predicted molar refractivity (Wildman–Crippen MR) is 307 cm³/mol. The van der Waals surface area contributed by atoms with E-state index in [9.17, 15) is 62.6 Å². The van der Waals surface area contributed by atoms with Crippen molar-refractivity contribution in [2.45, 2.75) is 240 Å². The molecule has 2 fully saturated rings. The van der Waals surface area contributed by atoms with E-state index in [2.05, 4.69) is 47.9 Å². The first-order valence-electron chi connectivity index (χ1n) is 29.0. The molecule has 0 spiro atoms. The number of aliphatic hydroxyl groups is 1. The molecule has 8 unspecified atom stereocenters. The maximum atomic E-state index is 14.5. The van der Waals surface area contributed by atoms with Crippen LogP contribution in [0.25, 0.3) is 0 Å². The van der Waals surface area contributed by atoms with Crippen LogP contribution in [0.3, 0.4) is 0 Å². The topological polar surface area (TPSA) is 366 Å². The Labute approximate surface area is 485 Å². The molecule has 12 amide bonds. The van der Waals surface area contributed by atoms with Crippen LogP contribution in [0.4, 0.5) is 0 Å². The Bertz CT molecular complexity index is 2300. The normalized spacial score (nSPS) is 18.0. The Kier molecular flexibility index (Phi) is 27.4. The van der Waals surface area contributed by atoms with Crippen LogP contribution in [0.15, 0.2) is 0 Å². The number of likely N-dealkylation sites (tertiary alicyclic amines) is 2. The third-order valence-electron chi connectivity index (χ3n) is 14.5. The van der Waals surface area contributed by atoms with Crippen LogP contribution < -0.4 is 53.6 Å². The second kappa shape index (κ2) is 31.3. The number of aliphatic hydroxyl groups excluding tert-OH is 1. The minimum Gasteiger partial charge on any atom is -0.394 e. The number of hydrogen-bond donors (Lipinski definition) is 11. The smallest absolute Gasteiger partial charge is 0.248 e. The molecule has 8 atom stereocenters. The number of nitrogens with two attached hydrogens (primary N) is 1. The summed E-state index contributed by atoms with van der Waals surface area (Å²) in [6.45, 7) is 28.3. The summed E-state index contributed by atoms with van der Waals surface area (Å²) in [7, 11) is 0. The molecule has 0 saturated carbocycles. The van der Waals surface area contributed by atoms with E-state index >= 15 is 0 Å². The lowest BCUT2D eigenvalue weighted by molar-refractivity contribution is -0.146. The molecule has 0 aromatic carbocycles. The summed E-state index contributed by atoms with van der Waals surface area (Å²) in [5.41, 5.74) is 0.750. The van der Waals surface area contributed by atoms with E-state index in [-0.39, 0.29) is 81.9 Å². The van der Waals surface area contributed by atoms with Crippen LogP contribution in [-0.2, 0) is 57.5 Å². The molecule has 12 N–H and O–H groups in total. The van der Waals surface area contributed by atoms with Crippen LogP contribution in [0.2, 0.25) is 0 Å². The molecule has 2 aliphatic rings. The zero-order chi connectivity index (χ0) is 62.9. The van der Waals surface area contributed by atoms with Crippen molar-refractivity contribution in [3.63, 3.8) is 0 Å². The van der Waals surface area contributed by atoms with Crippen LogP contribution in [0, 0.1) is 29.6 Å². The van der Waals surface area contributed by atoms with Crippen molar-refractivity contribution in [1.82, 2.24) is 57.7 Å². The van der Waals surface area contributed by atoms with Gasteiger partial charge in [-0.25, -0.2) is 0 Å². The maximum absolute atomic E-state index is 14.5. The number of hydrogen-bond acceptors (Lipinski definition) is 13. The Balaban J connectivity index is 2.30. The van der Waals surface area contributed by atoms with Crippen molar-refractivity contribution in [2.75, 3.05) is 19.7 Å². The van der Waals surface area contributed by atoms with Crippen molar-refractivity contribution in [3.05, 3.63) is 0 Å². The average molecular weight is 1160 g/mol. The average Bonchev–Trinajstić information content (AvgIpc) is 4.12. The van der Waals surface area contributed by atoms with Gasteiger partial charge in [-0.1, -0.05) is 69.2 Å². The number of carbonyl (C=O) groups excluding carboxylic acids is 12. The lowest BCUT2D eigenvalue weighted by Gasteiger charge is -2.36. The van der Waals surface area contributed by atoms with E-state index in [0.717, 1.165) is 0 Å². The Hall–Kier alpha value is -6.40. The molecule has 0 bridgehead atoms. The lowest BCUT2D eigenvalue weighted by Crippen LogP contribution is -2.64. The Morgan fingerprint density at radius 1 is 0.500 bits per heavy atom. The van der Waals surface area contributed by atoms with Crippen molar-refractivity contribution in [1.29, 1.82) is 0 Å². The molecular formula is C57H100N12O13. The van der Waals surface area contributed by atoms with Gasteiger partial charge in [0.1, 0.15) is 58.9 Å². The molecule has 2 rings (SSSR count). The minimum absolute atomic E-state index is 0.0530. The summed E-state index contributed by atoms with van der Waals surface area (Å²) in [4.78, 5) is 166.